The minimum absolute atomic E-state index is 0.0263. The van der Waals surface area contributed by atoms with E-state index >= 15 is 0 Å². The first kappa shape index (κ1) is 18.7. The fraction of sp³-hybridized carbons (Fsp3) is 0.348. The summed E-state index contributed by atoms with van der Waals surface area (Å²) in [7, 11) is 0. The highest BCUT2D eigenvalue weighted by atomic mass is 35.5. The molecule has 2 heterocycles. The van der Waals surface area contributed by atoms with Crippen LogP contribution in [0.25, 0.3) is 11.3 Å². The van der Waals surface area contributed by atoms with Crippen molar-refractivity contribution in [1.82, 2.24) is 15.1 Å². The van der Waals surface area contributed by atoms with Gasteiger partial charge in [-0.05, 0) is 67.2 Å². The summed E-state index contributed by atoms with van der Waals surface area (Å²) in [6.07, 6.45) is 3.95. The number of benzene rings is 2. The number of likely N-dealkylation sites (tertiary alicyclic amines) is 1. The second-order valence-electron chi connectivity index (χ2n) is 7.99. The summed E-state index contributed by atoms with van der Waals surface area (Å²) < 4.78 is 6.72. The monoisotopic (exact) mass is 408 g/mol. The fourth-order valence-electron chi connectivity index (χ4n) is 4.71. The lowest BCUT2D eigenvalue weighted by atomic mass is 10.1. The SMILES string of the molecule is NC[C@H]1CCN(C2Cc3ccccc3[C@H]2Oc2ccc(Cl)cc2-c2cc[nH]n2)C1. The summed E-state index contributed by atoms with van der Waals surface area (Å²) in [5, 5.41) is 7.89. The number of fused-ring (bicyclic) bond motifs is 1. The first-order chi connectivity index (χ1) is 14.2. The second-order valence-corrected chi connectivity index (χ2v) is 8.43. The van der Waals surface area contributed by atoms with Gasteiger partial charge >= 0.3 is 0 Å². The maximum absolute atomic E-state index is 6.72. The predicted octanol–water partition coefficient (Wildman–Crippen LogP) is 4.06. The van der Waals surface area contributed by atoms with E-state index in [-0.39, 0.29) is 6.10 Å². The van der Waals surface area contributed by atoms with Crippen molar-refractivity contribution in [3.63, 3.8) is 0 Å². The Kier molecular flexibility index (Phi) is 5.04. The quantitative estimate of drug-likeness (QED) is 0.668. The lowest BCUT2D eigenvalue weighted by Crippen LogP contribution is -2.39. The molecular weight excluding hydrogens is 384 g/mol. The Morgan fingerprint density at radius 3 is 2.90 bits per heavy atom. The van der Waals surface area contributed by atoms with Gasteiger partial charge in [0, 0.05) is 23.3 Å². The van der Waals surface area contributed by atoms with Gasteiger partial charge in [0.15, 0.2) is 0 Å². The normalized spacial score (nSPS) is 24.0. The zero-order valence-electron chi connectivity index (χ0n) is 16.2. The minimum Gasteiger partial charge on any atom is -0.483 e. The molecule has 1 unspecified atom stereocenters. The molecule has 3 aromatic rings. The van der Waals surface area contributed by atoms with Gasteiger partial charge in [-0.25, -0.2) is 0 Å². The number of H-pyrrole nitrogens is 1. The molecule has 5 nitrogen and oxygen atoms in total. The predicted molar refractivity (Wildman–Crippen MR) is 115 cm³/mol. The van der Waals surface area contributed by atoms with Crippen LogP contribution in [0.15, 0.2) is 54.7 Å². The number of nitrogens with one attached hydrogen (secondary N) is 1. The van der Waals surface area contributed by atoms with Crippen molar-refractivity contribution in [3.8, 4) is 17.0 Å². The molecule has 1 aliphatic carbocycles. The van der Waals surface area contributed by atoms with E-state index in [1.54, 1.807) is 0 Å². The van der Waals surface area contributed by atoms with Crippen LogP contribution in [0.2, 0.25) is 5.02 Å². The van der Waals surface area contributed by atoms with Crippen LogP contribution in [-0.4, -0.2) is 40.8 Å². The Labute approximate surface area is 175 Å². The van der Waals surface area contributed by atoms with E-state index in [4.69, 9.17) is 22.1 Å². The van der Waals surface area contributed by atoms with Gasteiger partial charge < -0.3 is 10.5 Å². The number of halogens is 1. The molecule has 2 aliphatic rings. The highest BCUT2D eigenvalue weighted by Gasteiger charge is 2.40. The molecular formula is C23H25ClN4O. The van der Waals surface area contributed by atoms with Crippen molar-refractivity contribution in [3.05, 3.63) is 70.9 Å². The van der Waals surface area contributed by atoms with E-state index < -0.39 is 0 Å². The molecule has 6 heteroatoms. The smallest absolute Gasteiger partial charge is 0.140 e. The highest BCUT2D eigenvalue weighted by molar-refractivity contribution is 6.30. The van der Waals surface area contributed by atoms with Crippen molar-refractivity contribution in [2.75, 3.05) is 19.6 Å². The molecule has 3 atom stereocenters. The van der Waals surface area contributed by atoms with Crippen LogP contribution in [0.4, 0.5) is 0 Å². The third kappa shape index (κ3) is 3.54. The zero-order chi connectivity index (χ0) is 19.8. The Morgan fingerprint density at radius 1 is 1.21 bits per heavy atom. The molecule has 5 rings (SSSR count). The molecule has 3 N–H and O–H groups in total. The molecule has 1 aromatic heterocycles. The van der Waals surface area contributed by atoms with Crippen molar-refractivity contribution in [1.29, 1.82) is 0 Å². The molecule has 0 spiro atoms. The van der Waals surface area contributed by atoms with Crippen molar-refractivity contribution in [2.24, 2.45) is 11.7 Å². The number of ether oxygens (including phenoxy) is 1. The molecule has 150 valence electrons. The number of hydrogen-bond donors (Lipinski definition) is 2. The fourth-order valence-corrected chi connectivity index (χ4v) is 4.88. The largest absolute Gasteiger partial charge is 0.483 e. The number of aromatic nitrogens is 2. The van der Waals surface area contributed by atoms with Gasteiger partial charge in [0.05, 0.1) is 11.7 Å². The van der Waals surface area contributed by atoms with Gasteiger partial charge in [-0.1, -0.05) is 35.9 Å². The van der Waals surface area contributed by atoms with E-state index in [1.807, 2.05) is 30.5 Å². The van der Waals surface area contributed by atoms with Crippen LogP contribution in [0.5, 0.6) is 5.75 Å². The molecule has 1 fully saturated rings. The third-order valence-electron chi connectivity index (χ3n) is 6.23. The molecule has 0 amide bonds. The summed E-state index contributed by atoms with van der Waals surface area (Å²) in [5.74, 6) is 1.39. The molecule has 0 saturated carbocycles. The summed E-state index contributed by atoms with van der Waals surface area (Å²) in [4.78, 5) is 2.56. The van der Waals surface area contributed by atoms with Crippen molar-refractivity contribution < 1.29 is 4.74 Å². The van der Waals surface area contributed by atoms with E-state index in [0.717, 1.165) is 49.5 Å². The van der Waals surface area contributed by atoms with Gasteiger partial charge in [0.1, 0.15) is 11.9 Å². The van der Waals surface area contributed by atoms with Crippen molar-refractivity contribution in [2.45, 2.75) is 25.0 Å². The lowest BCUT2D eigenvalue weighted by molar-refractivity contribution is 0.0921. The average molecular weight is 409 g/mol. The van der Waals surface area contributed by atoms with Gasteiger partial charge in [0.2, 0.25) is 0 Å². The Bertz CT molecular complexity index is 990. The first-order valence-corrected chi connectivity index (χ1v) is 10.6. The standard InChI is InChI=1S/C23H25ClN4O/c24-17-5-6-22(19(12-17)20-7-9-26-27-20)29-23-18-4-2-1-3-16(18)11-21(23)28-10-8-15(13-25)14-28/h1-7,9,12,15,21,23H,8,10-11,13-14,25H2,(H,26,27)/t15-,21?,23-/m1/s1. The summed E-state index contributed by atoms with van der Waals surface area (Å²) in [6, 6.07) is 16.6. The Balaban J connectivity index is 1.50. The summed E-state index contributed by atoms with van der Waals surface area (Å²) >= 11 is 6.28. The number of nitrogens with two attached hydrogens (primary N) is 1. The lowest BCUT2D eigenvalue weighted by Gasteiger charge is -2.30. The first-order valence-electron chi connectivity index (χ1n) is 10.2. The molecule has 0 radical (unpaired) electrons. The van der Waals surface area contributed by atoms with Crippen LogP contribution >= 0.6 is 11.6 Å². The zero-order valence-corrected chi connectivity index (χ0v) is 17.0. The Hall–Kier alpha value is -2.34. The molecule has 1 aliphatic heterocycles. The molecule has 1 saturated heterocycles. The van der Waals surface area contributed by atoms with E-state index in [0.29, 0.717) is 17.0 Å². The maximum Gasteiger partial charge on any atom is 0.140 e. The third-order valence-corrected chi connectivity index (χ3v) is 6.47. The van der Waals surface area contributed by atoms with Crippen LogP contribution in [-0.2, 0) is 6.42 Å². The Morgan fingerprint density at radius 2 is 2.10 bits per heavy atom. The highest BCUT2D eigenvalue weighted by Crippen LogP contribution is 2.42. The van der Waals surface area contributed by atoms with E-state index in [1.165, 1.54) is 11.1 Å². The van der Waals surface area contributed by atoms with Gasteiger partial charge in [-0.15, -0.1) is 0 Å². The topological polar surface area (TPSA) is 67.2 Å². The average Bonchev–Trinajstić information content (AvgIpc) is 3.49. The van der Waals surface area contributed by atoms with Gasteiger partial charge in [-0.3, -0.25) is 10.00 Å². The molecule has 29 heavy (non-hydrogen) atoms. The van der Waals surface area contributed by atoms with Crippen LogP contribution < -0.4 is 10.5 Å². The van der Waals surface area contributed by atoms with Crippen molar-refractivity contribution >= 4 is 11.6 Å². The minimum atomic E-state index is -0.0263. The number of nitrogens with zero attached hydrogens (tertiary/aromatic N) is 2. The summed E-state index contributed by atoms with van der Waals surface area (Å²) in [6.45, 7) is 2.87. The van der Waals surface area contributed by atoms with Crippen LogP contribution in [0.1, 0.15) is 23.7 Å². The van der Waals surface area contributed by atoms with Gasteiger partial charge in [-0.2, -0.15) is 5.10 Å². The number of hydrogen-bond acceptors (Lipinski definition) is 4. The molecule has 0 bridgehead atoms. The second kappa shape index (κ2) is 7.82. The number of rotatable bonds is 5. The van der Waals surface area contributed by atoms with Crippen LogP contribution in [0.3, 0.4) is 0 Å². The summed E-state index contributed by atoms with van der Waals surface area (Å²) in [5.41, 5.74) is 10.3. The van der Waals surface area contributed by atoms with E-state index in [9.17, 15) is 0 Å². The maximum atomic E-state index is 6.72. The molecule has 2 aromatic carbocycles. The number of aromatic amines is 1. The van der Waals surface area contributed by atoms with Gasteiger partial charge in [0.25, 0.3) is 0 Å². The van der Waals surface area contributed by atoms with Crippen LogP contribution in [0, 0.1) is 5.92 Å². The van der Waals surface area contributed by atoms with E-state index in [2.05, 4.69) is 39.4 Å².